The molecule has 0 aromatic carbocycles. The zero-order valence-electron chi connectivity index (χ0n) is 10.9. The number of esters is 1. The first-order chi connectivity index (χ1) is 9.22. The number of ketones is 1. The van der Waals surface area contributed by atoms with Gasteiger partial charge in [0.05, 0.1) is 5.69 Å². The Balaban J connectivity index is 1.43. The van der Waals surface area contributed by atoms with Gasteiger partial charge in [-0.1, -0.05) is 6.42 Å². The second-order valence-corrected chi connectivity index (χ2v) is 5.81. The van der Waals surface area contributed by atoms with Crippen LogP contribution >= 0.6 is 0 Å². The fraction of sp³-hybridized carbons (Fsp3) is 0.600. The fourth-order valence-corrected chi connectivity index (χ4v) is 3.63. The number of aromatic nitrogens is 1. The van der Waals surface area contributed by atoms with Crippen molar-refractivity contribution in [2.24, 2.45) is 17.8 Å². The van der Waals surface area contributed by atoms with Gasteiger partial charge < -0.3 is 9.72 Å². The zero-order chi connectivity index (χ0) is 13.2. The monoisotopic (exact) mass is 261 g/mol. The average molecular weight is 261 g/mol. The predicted molar refractivity (Wildman–Crippen MR) is 69.6 cm³/mol. The van der Waals surface area contributed by atoms with Crippen LogP contribution in [0.1, 0.15) is 42.6 Å². The Bertz CT molecular complexity index is 466. The van der Waals surface area contributed by atoms with Crippen molar-refractivity contribution in [2.45, 2.75) is 32.1 Å². The van der Waals surface area contributed by atoms with Crippen LogP contribution in [-0.2, 0) is 9.53 Å². The molecule has 0 radical (unpaired) electrons. The van der Waals surface area contributed by atoms with E-state index in [2.05, 4.69) is 4.98 Å². The Morgan fingerprint density at radius 3 is 2.84 bits per heavy atom. The minimum atomic E-state index is -0.225. The van der Waals surface area contributed by atoms with Gasteiger partial charge in [-0.15, -0.1) is 0 Å². The van der Waals surface area contributed by atoms with Gasteiger partial charge in [-0.2, -0.15) is 0 Å². The standard InChI is InChI=1S/C15H19NO3/c17-14(13-2-1-5-16-13)9-19-15(18)8-12-7-10-3-4-11(12)6-10/h1-2,5,10-12,16H,3-4,6-9H2/t10-,11-,12-/m1/s1. The average Bonchev–Trinajstić information content (AvgIpc) is 3.12. The van der Waals surface area contributed by atoms with E-state index in [4.69, 9.17) is 4.74 Å². The molecule has 1 N–H and O–H groups in total. The second kappa shape index (κ2) is 5.19. The number of nitrogens with one attached hydrogen (secondary N) is 1. The van der Waals surface area contributed by atoms with E-state index in [1.807, 2.05) is 0 Å². The van der Waals surface area contributed by atoms with E-state index < -0.39 is 0 Å². The van der Waals surface area contributed by atoms with Crippen LogP contribution in [0.3, 0.4) is 0 Å². The van der Waals surface area contributed by atoms with Crippen molar-refractivity contribution >= 4 is 11.8 Å². The Kier molecular flexibility index (Phi) is 3.40. The maximum Gasteiger partial charge on any atom is 0.306 e. The van der Waals surface area contributed by atoms with Crippen LogP contribution in [0.15, 0.2) is 18.3 Å². The molecule has 0 amide bonds. The normalized spacial score (nSPS) is 28.5. The third-order valence-corrected chi connectivity index (χ3v) is 4.58. The molecule has 0 unspecified atom stereocenters. The van der Waals surface area contributed by atoms with Gasteiger partial charge in [0.25, 0.3) is 0 Å². The summed E-state index contributed by atoms with van der Waals surface area (Å²) in [5, 5.41) is 0. The first-order valence-electron chi connectivity index (χ1n) is 7.04. The van der Waals surface area contributed by atoms with Crippen molar-refractivity contribution in [3.05, 3.63) is 24.0 Å². The molecular formula is C15H19NO3. The molecule has 0 saturated heterocycles. The molecular weight excluding hydrogens is 242 g/mol. The summed E-state index contributed by atoms with van der Waals surface area (Å²) in [4.78, 5) is 26.2. The number of carbonyl (C=O) groups excluding carboxylic acids is 2. The van der Waals surface area contributed by atoms with E-state index in [-0.39, 0.29) is 18.4 Å². The van der Waals surface area contributed by atoms with Gasteiger partial charge in [-0.25, -0.2) is 0 Å². The van der Waals surface area contributed by atoms with Gasteiger partial charge in [-0.3, -0.25) is 9.59 Å². The SMILES string of the molecule is O=C(C[C@H]1C[C@@H]2CC[C@@H]1C2)OCC(=O)c1ccc[nH]1. The lowest BCUT2D eigenvalue weighted by Gasteiger charge is -2.20. The van der Waals surface area contributed by atoms with Crippen molar-refractivity contribution in [1.29, 1.82) is 0 Å². The minimum absolute atomic E-state index is 0.153. The quantitative estimate of drug-likeness (QED) is 0.654. The number of Topliss-reactive ketones (excluding diaryl/α,β-unsaturated/α-hetero) is 1. The lowest BCUT2D eigenvalue weighted by atomic mass is 9.86. The first kappa shape index (κ1) is 12.5. The summed E-state index contributed by atoms with van der Waals surface area (Å²) in [5.74, 6) is 1.65. The van der Waals surface area contributed by atoms with E-state index in [1.54, 1.807) is 18.3 Å². The summed E-state index contributed by atoms with van der Waals surface area (Å²) in [6.07, 6.45) is 7.23. The highest BCUT2D eigenvalue weighted by molar-refractivity contribution is 5.96. The number of rotatable bonds is 5. The number of ether oxygens (including phenoxy) is 1. The van der Waals surface area contributed by atoms with E-state index in [9.17, 15) is 9.59 Å². The third kappa shape index (κ3) is 2.72. The van der Waals surface area contributed by atoms with Gasteiger partial charge in [0.1, 0.15) is 0 Å². The Morgan fingerprint density at radius 2 is 2.21 bits per heavy atom. The number of aromatic amines is 1. The van der Waals surface area contributed by atoms with Crippen LogP contribution in [0.2, 0.25) is 0 Å². The van der Waals surface area contributed by atoms with Gasteiger partial charge in [0.15, 0.2) is 6.61 Å². The molecule has 2 aliphatic carbocycles. The van der Waals surface area contributed by atoms with Gasteiger partial charge in [0.2, 0.25) is 5.78 Å². The first-order valence-corrected chi connectivity index (χ1v) is 7.04. The number of hydrogen-bond acceptors (Lipinski definition) is 3. The maximum atomic E-state index is 11.8. The molecule has 1 aromatic rings. The summed E-state index contributed by atoms with van der Waals surface area (Å²) < 4.78 is 5.09. The predicted octanol–water partition coefficient (Wildman–Crippen LogP) is 2.57. The molecule has 0 spiro atoms. The number of H-pyrrole nitrogens is 1. The molecule has 3 atom stereocenters. The van der Waals surface area contributed by atoms with Crippen LogP contribution in [0.5, 0.6) is 0 Å². The summed E-state index contributed by atoms with van der Waals surface area (Å²) in [6.45, 7) is -0.153. The highest BCUT2D eigenvalue weighted by atomic mass is 16.5. The van der Waals surface area contributed by atoms with Crippen molar-refractivity contribution in [1.82, 2.24) is 4.98 Å². The summed E-state index contributed by atoms with van der Waals surface area (Å²) in [5.41, 5.74) is 0.493. The molecule has 1 aromatic heterocycles. The van der Waals surface area contributed by atoms with E-state index in [0.29, 0.717) is 18.0 Å². The van der Waals surface area contributed by atoms with Gasteiger partial charge >= 0.3 is 5.97 Å². The molecule has 2 saturated carbocycles. The second-order valence-electron chi connectivity index (χ2n) is 5.81. The third-order valence-electron chi connectivity index (χ3n) is 4.58. The maximum absolute atomic E-state index is 11.8. The minimum Gasteiger partial charge on any atom is -0.457 e. The van der Waals surface area contributed by atoms with Gasteiger partial charge in [-0.05, 0) is 49.1 Å². The van der Waals surface area contributed by atoms with Crippen LogP contribution < -0.4 is 0 Å². The van der Waals surface area contributed by atoms with Crippen molar-refractivity contribution in [3.63, 3.8) is 0 Å². The summed E-state index contributed by atoms with van der Waals surface area (Å²) in [6, 6.07) is 3.44. The molecule has 2 aliphatic rings. The zero-order valence-corrected chi connectivity index (χ0v) is 10.9. The lowest BCUT2D eigenvalue weighted by Crippen LogP contribution is -2.19. The number of fused-ring (bicyclic) bond motifs is 2. The molecule has 2 fully saturated rings. The van der Waals surface area contributed by atoms with Gasteiger partial charge in [0, 0.05) is 12.6 Å². The molecule has 102 valence electrons. The highest BCUT2D eigenvalue weighted by Gasteiger charge is 2.40. The Morgan fingerprint density at radius 1 is 1.32 bits per heavy atom. The molecule has 3 rings (SSSR count). The van der Waals surface area contributed by atoms with Crippen molar-refractivity contribution in [2.75, 3.05) is 6.61 Å². The molecule has 4 heteroatoms. The van der Waals surface area contributed by atoms with Crippen molar-refractivity contribution < 1.29 is 14.3 Å². The number of hydrogen-bond donors (Lipinski definition) is 1. The van der Waals surface area contributed by atoms with Crippen LogP contribution in [-0.4, -0.2) is 23.3 Å². The van der Waals surface area contributed by atoms with E-state index in [1.165, 1.54) is 25.7 Å². The van der Waals surface area contributed by atoms with Crippen LogP contribution in [0.4, 0.5) is 0 Å². The van der Waals surface area contributed by atoms with Crippen LogP contribution in [0, 0.1) is 17.8 Å². The number of carbonyl (C=O) groups is 2. The topological polar surface area (TPSA) is 59.2 Å². The molecule has 2 bridgehead atoms. The molecule has 19 heavy (non-hydrogen) atoms. The van der Waals surface area contributed by atoms with E-state index in [0.717, 1.165) is 11.8 Å². The molecule has 0 aliphatic heterocycles. The highest BCUT2D eigenvalue weighted by Crippen LogP contribution is 2.49. The molecule has 4 nitrogen and oxygen atoms in total. The summed E-state index contributed by atoms with van der Waals surface area (Å²) in [7, 11) is 0. The van der Waals surface area contributed by atoms with E-state index >= 15 is 0 Å². The Hall–Kier alpha value is -1.58. The van der Waals surface area contributed by atoms with Crippen molar-refractivity contribution in [3.8, 4) is 0 Å². The summed E-state index contributed by atoms with van der Waals surface area (Å²) >= 11 is 0. The molecule has 1 heterocycles. The van der Waals surface area contributed by atoms with Crippen LogP contribution in [0.25, 0.3) is 0 Å². The fourth-order valence-electron chi connectivity index (χ4n) is 3.63. The largest absolute Gasteiger partial charge is 0.457 e. The lowest BCUT2D eigenvalue weighted by molar-refractivity contribution is -0.144. The Labute approximate surface area is 112 Å². The smallest absolute Gasteiger partial charge is 0.306 e.